The lowest BCUT2D eigenvalue weighted by Gasteiger charge is -2.32. The van der Waals surface area contributed by atoms with E-state index in [9.17, 15) is 38.7 Å². The zero-order chi connectivity index (χ0) is 30.0. The van der Waals surface area contributed by atoms with Gasteiger partial charge in [-0.05, 0) is 43.9 Å². The minimum atomic E-state index is -1.44. The fourth-order valence-corrected chi connectivity index (χ4v) is 4.75. The van der Waals surface area contributed by atoms with Gasteiger partial charge in [0.05, 0.1) is 6.42 Å². The number of hydrogen-bond acceptors (Lipinski definition) is 7. The second-order valence-corrected chi connectivity index (χ2v) is 10.9. The van der Waals surface area contributed by atoms with Gasteiger partial charge in [0, 0.05) is 12.8 Å². The predicted molar refractivity (Wildman–Crippen MR) is 139 cm³/mol. The summed E-state index contributed by atoms with van der Waals surface area (Å²) < 4.78 is 0. The van der Waals surface area contributed by atoms with Gasteiger partial charge in [-0.3, -0.25) is 28.8 Å². The lowest BCUT2D eigenvalue weighted by atomic mass is 9.83. The van der Waals surface area contributed by atoms with Crippen molar-refractivity contribution in [1.82, 2.24) is 21.3 Å². The molecule has 0 heterocycles. The van der Waals surface area contributed by atoms with Gasteiger partial charge in [-0.25, -0.2) is 4.79 Å². The van der Waals surface area contributed by atoms with E-state index in [0.29, 0.717) is 12.8 Å². The van der Waals surface area contributed by atoms with E-state index in [1.165, 1.54) is 0 Å². The fourth-order valence-electron chi connectivity index (χ4n) is 4.75. The molecule has 0 unspecified atom stereocenters. The first-order valence-electron chi connectivity index (χ1n) is 13.6. The summed E-state index contributed by atoms with van der Waals surface area (Å²) in [7, 11) is 0. The van der Waals surface area contributed by atoms with Gasteiger partial charge in [0.1, 0.15) is 23.7 Å². The molecule has 0 aromatic heterocycles. The second-order valence-electron chi connectivity index (χ2n) is 10.9. The third-order valence-electron chi connectivity index (χ3n) is 7.33. The number of amides is 4. The molecule has 2 saturated carbocycles. The van der Waals surface area contributed by atoms with Crippen molar-refractivity contribution < 1.29 is 48.9 Å². The first-order chi connectivity index (χ1) is 18.8. The molecule has 14 heteroatoms. The molecule has 2 aliphatic rings. The van der Waals surface area contributed by atoms with Crippen molar-refractivity contribution in [2.75, 3.05) is 0 Å². The van der Waals surface area contributed by atoms with Gasteiger partial charge in [0.25, 0.3) is 0 Å². The first-order valence-corrected chi connectivity index (χ1v) is 13.6. The molecule has 2 fully saturated rings. The Morgan fingerprint density at radius 2 is 1.35 bits per heavy atom. The van der Waals surface area contributed by atoms with Gasteiger partial charge in [-0.2, -0.15) is 0 Å². The summed E-state index contributed by atoms with van der Waals surface area (Å²) >= 11 is 0. The van der Waals surface area contributed by atoms with Gasteiger partial charge in [-0.1, -0.05) is 33.1 Å². The van der Waals surface area contributed by atoms with E-state index in [1.54, 1.807) is 13.8 Å². The Morgan fingerprint density at radius 1 is 0.750 bits per heavy atom. The van der Waals surface area contributed by atoms with Crippen LogP contribution in [-0.4, -0.2) is 80.5 Å². The normalized spacial score (nSPS) is 18.5. The summed E-state index contributed by atoms with van der Waals surface area (Å²) in [6.45, 7) is 3.31. The Bertz CT molecular complexity index is 988. The predicted octanol–water partition coefficient (Wildman–Crippen LogP) is 0.140. The van der Waals surface area contributed by atoms with Crippen molar-refractivity contribution >= 4 is 41.5 Å². The molecule has 0 radical (unpaired) electrons. The number of nitrogens with one attached hydrogen (secondary N) is 4. The second kappa shape index (κ2) is 14.6. The van der Waals surface area contributed by atoms with Crippen LogP contribution in [-0.2, 0) is 33.6 Å². The van der Waals surface area contributed by atoms with Crippen LogP contribution >= 0.6 is 0 Å². The van der Waals surface area contributed by atoms with Crippen LogP contribution in [0.3, 0.4) is 0 Å². The molecular formula is C26H40N4O10. The SMILES string of the molecule is CC(C)[C@H](NC(=O)[C@@H](NC(=O)CCC(=O)O)C1CCCCC1)C(=O)N[C@@H](CCC(=O)O)C(=O)NC1(C(=O)O)CC1. The zero-order valence-electron chi connectivity index (χ0n) is 22.9. The number of carboxylic acid groups (broad SMARTS) is 3. The highest BCUT2D eigenvalue weighted by molar-refractivity contribution is 5.96. The molecule has 0 aliphatic heterocycles. The number of carbonyl (C=O) groups is 7. The van der Waals surface area contributed by atoms with E-state index in [2.05, 4.69) is 21.3 Å². The van der Waals surface area contributed by atoms with E-state index < -0.39 is 84.0 Å². The minimum Gasteiger partial charge on any atom is -0.481 e. The van der Waals surface area contributed by atoms with E-state index >= 15 is 0 Å². The molecular weight excluding hydrogens is 528 g/mol. The molecule has 0 saturated heterocycles. The van der Waals surface area contributed by atoms with Crippen LogP contribution < -0.4 is 21.3 Å². The molecule has 0 bridgehead atoms. The van der Waals surface area contributed by atoms with E-state index in [4.69, 9.17) is 10.2 Å². The monoisotopic (exact) mass is 568 g/mol. The molecule has 2 rings (SSSR count). The number of aliphatic carboxylic acids is 3. The molecule has 14 nitrogen and oxygen atoms in total. The summed E-state index contributed by atoms with van der Waals surface area (Å²) in [5.74, 6) is -7.11. The van der Waals surface area contributed by atoms with Crippen LogP contribution in [0.15, 0.2) is 0 Å². The van der Waals surface area contributed by atoms with Crippen LogP contribution in [0.25, 0.3) is 0 Å². The highest BCUT2D eigenvalue weighted by atomic mass is 16.4. The van der Waals surface area contributed by atoms with Crippen molar-refractivity contribution in [2.24, 2.45) is 11.8 Å². The summed E-state index contributed by atoms with van der Waals surface area (Å²) in [5, 5.41) is 37.5. The van der Waals surface area contributed by atoms with Crippen LogP contribution in [0, 0.1) is 11.8 Å². The summed E-state index contributed by atoms with van der Waals surface area (Å²) in [6.07, 6.45) is 2.96. The van der Waals surface area contributed by atoms with Crippen LogP contribution in [0.4, 0.5) is 0 Å². The van der Waals surface area contributed by atoms with Crippen LogP contribution in [0.2, 0.25) is 0 Å². The van der Waals surface area contributed by atoms with Gasteiger partial charge in [0.15, 0.2) is 0 Å². The number of rotatable bonds is 16. The lowest BCUT2D eigenvalue weighted by Crippen LogP contribution is -2.60. The topological polar surface area (TPSA) is 228 Å². The maximum Gasteiger partial charge on any atom is 0.329 e. The van der Waals surface area contributed by atoms with Crippen molar-refractivity contribution in [3.8, 4) is 0 Å². The lowest BCUT2D eigenvalue weighted by molar-refractivity contribution is -0.144. The Hall–Kier alpha value is -3.71. The largest absolute Gasteiger partial charge is 0.481 e. The van der Waals surface area contributed by atoms with E-state index in [1.807, 2.05) is 0 Å². The molecule has 0 aromatic carbocycles. The molecule has 2 aliphatic carbocycles. The molecule has 224 valence electrons. The first kappa shape index (κ1) is 32.5. The van der Waals surface area contributed by atoms with E-state index in [0.717, 1.165) is 19.3 Å². The third kappa shape index (κ3) is 9.79. The van der Waals surface area contributed by atoms with Gasteiger partial charge in [0.2, 0.25) is 23.6 Å². The Balaban J connectivity index is 2.16. The molecule has 40 heavy (non-hydrogen) atoms. The fraction of sp³-hybridized carbons (Fsp3) is 0.731. The Morgan fingerprint density at radius 3 is 1.85 bits per heavy atom. The number of hydrogen-bond donors (Lipinski definition) is 7. The quantitative estimate of drug-likeness (QED) is 0.133. The van der Waals surface area contributed by atoms with Crippen LogP contribution in [0.5, 0.6) is 0 Å². The molecule has 0 spiro atoms. The van der Waals surface area contributed by atoms with Gasteiger partial charge < -0.3 is 36.6 Å². The summed E-state index contributed by atoms with van der Waals surface area (Å²) in [4.78, 5) is 85.4. The standard InChI is InChI=1S/C26H40N4O10/c1-14(2)20(23(37)27-16(8-10-18(32)33)22(36)30-26(12-13-26)25(39)40)29-24(38)21(15-6-4-3-5-7-15)28-17(31)9-11-19(34)35/h14-16,20-21H,3-13H2,1-2H3,(H,27,37)(H,28,31)(H,29,38)(H,30,36)(H,32,33)(H,34,35)(H,39,40)/t16-,20-,21-/m0/s1. The average Bonchev–Trinajstić information content (AvgIpc) is 3.67. The smallest absolute Gasteiger partial charge is 0.329 e. The Kier molecular flexibility index (Phi) is 11.9. The Labute approximate surface area is 232 Å². The van der Waals surface area contributed by atoms with Crippen molar-refractivity contribution in [3.05, 3.63) is 0 Å². The summed E-state index contributed by atoms with van der Waals surface area (Å²) in [5.41, 5.74) is -1.44. The molecule has 7 N–H and O–H groups in total. The highest BCUT2D eigenvalue weighted by Crippen LogP contribution is 2.35. The zero-order valence-corrected chi connectivity index (χ0v) is 22.9. The maximum atomic E-state index is 13.4. The molecule has 3 atom stereocenters. The highest BCUT2D eigenvalue weighted by Gasteiger charge is 2.52. The number of carboxylic acids is 3. The van der Waals surface area contributed by atoms with Crippen molar-refractivity contribution in [1.29, 1.82) is 0 Å². The minimum absolute atomic E-state index is 0.207. The summed E-state index contributed by atoms with van der Waals surface area (Å²) in [6, 6.07) is -3.51. The van der Waals surface area contributed by atoms with Gasteiger partial charge in [-0.15, -0.1) is 0 Å². The number of carbonyl (C=O) groups excluding carboxylic acids is 4. The third-order valence-corrected chi connectivity index (χ3v) is 7.33. The van der Waals surface area contributed by atoms with Gasteiger partial charge >= 0.3 is 17.9 Å². The van der Waals surface area contributed by atoms with Crippen LogP contribution in [0.1, 0.15) is 84.5 Å². The van der Waals surface area contributed by atoms with E-state index in [-0.39, 0.29) is 31.6 Å². The molecule has 4 amide bonds. The van der Waals surface area contributed by atoms with Crippen molar-refractivity contribution in [2.45, 2.75) is 108 Å². The molecule has 0 aromatic rings. The average molecular weight is 569 g/mol. The maximum absolute atomic E-state index is 13.4. The van der Waals surface area contributed by atoms with Crippen molar-refractivity contribution in [3.63, 3.8) is 0 Å².